The minimum Gasteiger partial charge on any atom is -0.356 e. The van der Waals surface area contributed by atoms with Crippen molar-refractivity contribution in [2.45, 2.75) is 58.2 Å². The Kier molecular flexibility index (Phi) is 6.53. The molecule has 2 aliphatic rings. The number of urea groups is 1. The standard InChI is InChI=1S/C23H28F3N5O/c1-15-8-10-31(11-9-15)21-17(6-7-20(30-21)23(24,25)26)13-28-22(32)29-19-14-27-12-16-4-2-3-5-18(16)19/h6-7,12,14-15H,2-5,8-11,13H2,1H3,(H2,28,29,32). The Bertz CT molecular complexity index is 971. The number of amides is 2. The molecule has 2 N–H and O–H groups in total. The van der Waals surface area contributed by atoms with Gasteiger partial charge in [0.25, 0.3) is 0 Å². The average molecular weight is 448 g/mol. The van der Waals surface area contributed by atoms with Crippen molar-refractivity contribution < 1.29 is 18.0 Å². The number of rotatable bonds is 4. The summed E-state index contributed by atoms with van der Waals surface area (Å²) in [6, 6.07) is 1.97. The van der Waals surface area contributed by atoms with Gasteiger partial charge in [0.2, 0.25) is 0 Å². The molecule has 0 spiro atoms. The Morgan fingerprint density at radius 1 is 1.16 bits per heavy atom. The fourth-order valence-corrected chi connectivity index (χ4v) is 4.38. The monoisotopic (exact) mass is 447 g/mol. The smallest absolute Gasteiger partial charge is 0.356 e. The molecule has 2 aromatic heterocycles. The number of alkyl halides is 3. The number of pyridine rings is 2. The second-order valence-corrected chi connectivity index (χ2v) is 8.69. The number of aromatic nitrogens is 2. The highest BCUT2D eigenvalue weighted by molar-refractivity contribution is 5.90. The van der Waals surface area contributed by atoms with E-state index in [4.69, 9.17) is 0 Å². The lowest BCUT2D eigenvalue weighted by atomic mass is 9.92. The fourth-order valence-electron chi connectivity index (χ4n) is 4.38. The molecule has 6 nitrogen and oxygen atoms in total. The number of hydrogen-bond donors (Lipinski definition) is 2. The largest absolute Gasteiger partial charge is 0.433 e. The van der Waals surface area contributed by atoms with Crippen LogP contribution in [-0.2, 0) is 25.6 Å². The van der Waals surface area contributed by atoms with Crippen LogP contribution in [0.15, 0.2) is 24.5 Å². The molecular formula is C23H28F3N5O. The number of anilines is 2. The number of carbonyl (C=O) groups excluding carboxylic acids is 1. The molecule has 0 radical (unpaired) electrons. The molecule has 2 aromatic rings. The quantitative estimate of drug-likeness (QED) is 0.697. The van der Waals surface area contributed by atoms with Gasteiger partial charge in [0.05, 0.1) is 11.9 Å². The molecular weight excluding hydrogens is 419 g/mol. The summed E-state index contributed by atoms with van der Waals surface area (Å²) in [5, 5.41) is 5.63. The molecule has 0 bridgehead atoms. The van der Waals surface area contributed by atoms with Crippen LogP contribution in [0, 0.1) is 5.92 Å². The van der Waals surface area contributed by atoms with Crippen LogP contribution >= 0.6 is 0 Å². The number of fused-ring (bicyclic) bond motifs is 1. The first-order chi connectivity index (χ1) is 15.3. The van der Waals surface area contributed by atoms with Crippen molar-refractivity contribution in [3.05, 3.63) is 46.9 Å². The number of hydrogen-bond acceptors (Lipinski definition) is 4. The highest BCUT2D eigenvalue weighted by atomic mass is 19.4. The van der Waals surface area contributed by atoms with Crippen LogP contribution in [0.1, 0.15) is 55.0 Å². The molecule has 2 amide bonds. The highest BCUT2D eigenvalue weighted by Crippen LogP contribution is 2.32. The van der Waals surface area contributed by atoms with Gasteiger partial charge in [-0.3, -0.25) is 4.98 Å². The molecule has 1 saturated heterocycles. The van der Waals surface area contributed by atoms with E-state index >= 15 is 0 Å². The molecule has 172 valence electrons. The molecule has 4 rings (SSSR count). The molecule has 1 aliphatic carbocycles. The Morgan fingerprint density at radius 2 is 1.91 bits per heavy atom. The van der Waals surface area contributed by atoms with Crippen molar-refractivity contribution in [2.75, 3.05) is 23.3 Å². The second kappa shape index (κ2) is 9.34. The third-order valence-corrected chi connectivity index (χ3v) is 6.29. The molecule has 0 atom stereocenters. The Labute approximate surface area is 185 Å². The van der Waals surface area contributed by atoms with Gasteiger partial charge in [-0.1, -0.05) is 13.0 Å². The second-order valence-electron chi connectivity index (χ2n) is 8.69. The number of aryl methyl sites for hydroxylation is 1. The van der Waals surface area contributed by atoms with Crippen molar-refractivity contribution in [3.63, 3.8) is 0 Å². The fraction of sp³-hybridized carbons (Fsp3) is 0.522. The highest BCUT2D eigenvalue weighted by Gasteiger charge is 2.34. The van der Waals surface area contributed by atoms with Crippen molar-refractivity contribution in [2.24, 2.45) is 5.92 Å². The van der Waals surface area contributed by atoms with E-state index in [-0.39, 0.29) is 6.54 Å². The van der Waals surface area contributed by atoms with Gasteiger partial charge >= 0.3 is 12.2 Å². The zero-order chi connectivity index (χ0) is 22.7. The first-order valence-electron chi connectivity index (χ1n) is 11.1. The number of carbonyl (C=O) groups is 1. The zero-order valence-electron chi connectivity index (χ0n) is 18.1. The molecule has 32 heavy (non-hydrogen) atoms. The molecule has 0 saturated carbocycles. The van der Waals surface area contributed by atoms with Gasteiger partial charge < -0.3 is 15.5 Å². The van der Waals surface area contributed by atoms with Crippen LogP contribution < -0.4 is 15.5 Å². The summed E-state index contributed by atoms with van der Waals surface area (Å²) >= 11 is 0. The van der Waals surface area contributed by atoms with Gasteiger partial charge in [0.15, 0.2) is 0 Å². The van der Waals surface area contributed by atoms with Gasteiger partial charge in [-0.2, -0.15) is 13.2 Å². The van der Waals surface area contributed by atoms with Crippen molar-refractivity contribution in [1.29, 1.82) is 0 Å². The molecule has 1 fully saturated rings. The topological polar surface area (TPSA) is 70.2 Å². The minimum absolute atomic E-state index is 0.0841. The molecule has 0 unspecified atom stereocenters. The number of piperidine rings is 1. The Morgan fingerprint density at radius 3 is 2.66 bits per heavy atom. The predicted molar refractivity (Wildman–Crippen MR) is 117 cm³/mol. The lowest BCUT2D eigenvalue weighted by molar-refractivity contribution is -0.141. The summed E-state index contributed by atoms with van der Waals surface area (Å²) in [5.74, 6) is 0.834. The van der Waals surface area contributed by atoms with E-state index in [1.807, 2.05) is 11.1 Å². The van der Waals surface area contributed by atoms with Crippen LogP contribution in [0.2, 0.25) is 0 Å². The first-order valence-corrected chi connectivity index (χ1v) is 11.1. The van der Waals surface area contributed by atoms with Crippen LogP contribution in [0.3, 0.4) is 0 Å². The summed E-state index contributed by atoms with van der Waals surface area (Å²) in [5.41, 5.74) is 2.61. The normalized spacial score (nSPS) is 17.1. The predicted octanol–water partition coefficient (Wildman–Crippen LogP) is 4.93. The summed E-state index contributed by atoms with van der Waals surface area (Å²) in [7, 11) is 0. The number of halogens is 3. The summed E-state index contributed by atoms with van der Waals surface area (Å²) in [6.45, 7) is 3.52. The van der Waals surface area contributed by atoms with Gasteiger partial charge in [0, 0.05) is 31.4 Å². The third kappa shape index (κ3) is 5.14. The van der Waals surface area contributed by atoms with E-state index in [0.29, 0.717) is 36.1 Å². The average Bonchev–Trinajstić information content (AvgIpc) is 2.78. The SMILES string of the molecule is CC1CCN(c2nc(C(F)(F)F)ccc2CNC(=O)Nc2cncc3c2CCCC3)CC1. The number of nitrogens with one attached hydrogen (secondary N) is 2. The van der Waals surface area contributed by atoms with Crippen molar-refractivity contribution in [1.82, 2.24) is 15.3 Å². The minimum atomic E-state index is -4.51. The van der Waals surface area contributed by atoms with Gasteiger partial charge in [-0.05, 0) is 61.6 Å². The first kappa shape index (κ1) is 22.4. The maximum atomic E-state index is 13.3. The van der Waals surface area contributed by atoms with Crippen LogP contribution in [-0.4, -0.2) is 29.1 Å². The lowest BCUT2D eigenvalue weighted by Crippen LogP contribution is -2.36. The van der Waals surface area contributed by atoms with Crippen LogP contribution in [0.5, 0.6) is 0 Å². The lowest BCUT2D eigenvalue weighted by Gasteiger charge is -2.33. The van der Waals surface area contributed by atoms with E-state index in [2.05, 4.69) is 27.5 Å². The van der Waals surface area contributed by atoms with E-state index in [0.717, 1.165) is 55.7 Å². The van der Waals surface area contributed by atoms with E-state index in [9.17, 15) is 18.0 Å². The Balaban J connectivity index is 1.48. The number of nitrogens with zero attached hydrogens (tertiary/aromatic N) is 3. The third-order valence-electron chi connectivity index (χ3n) is 6.29. The van der Waals surface area contributed by atoms with E-state index in [1.165, 1.54) is 6.07 Å². The summed E-state index contributed by atoms with van der Waals surface area (Å²) in [4.78, 5) is 22.6. The van der Waals surface area contributed by atoms with Crippen molar-refractivity contribution in [3.8, 4) is 0 Å². The zero-order valence-corrected chi connectivity index (χ0v) is 18.1. The maximum absolute atomic E-state index is 13.3. The van der Waals surface area contributed by atoms with Crippen LogP contribution in [0.25, 0.3) is 0 Å². The maximum Gasteiger partial charge on any atom is 0.433 e. The van der Waals surface area contributed by atoms with Gasteiger partial charge in [-0.15, -0.1) is 0 Å². The molecule has 9 heteroatoms. The summed E-state index contributed by atoms with van der Waals surface area (Å²) < 4.78 is 39.8. The molecule has 0 aromatic carbocycles. The molecule has 3 heterocycles. The van der Waals surface area contributed by atoms with E-state index < -0.39 is 17.9 Å². The van der Waals surface area contributed by atoms with Crippen LogP contribution in [0.4, 0.5) is 29.5 Å². The van der Waals surface area contributed by atoms with E-state index in [1.54, 1.807) is 6.20 Å². The Hall–Kier alpha value is -2.84. The van der Waals surface area contributed by atoms with Gasteiger partial charge in [-0.25, -0.2) is 9.78 Å². The molecule has 1 aliphatic heterocycles. The van der Waals surface area contributed by atoms with Crippen molar-refractivity contribution >= 4 is 17.5 Å². The van der Waals surface area contributed by atoms with Gasteiger partial charge in [0.1, 0.15) is 11.5 Å². The summed E-state index contributed by atoms with van der Waals surface area (Å²) in [6.07, 6.45) is 4.81.